The van der Waals surface area contributed by atoms with Crippen molar-refractivity contribution in [2.75, 3.05) is 11.4 Å². The number of carbonyl (C=O) groups is 1. The highest BCUT2D eigenvalue weighted by molar-refractivity contribution is 7.99. The molecule has 0 saturated heterocycles. The predicted molar refractivity (Wildman–Crippen MR) is 115 cm³/mol. The van der Waals surface area contributed by atoms with Gasteiger partial charge in [0.15, 0.2) is 0 Å². The van der Waals surface area contributed by atoms with Gasteiger partial charge in [0.1, 0.15) is 0 Å². The molecule has 3 nitrogen and oxygen atoms in total. The van der Waals surface area contributed by atoms with Gasteiger partial charge < -0.3 is 10.2 Å². The molecule has 2 bridgehead atoms. The lowest BCUT2D eigenvalue weighted by Gasteiger charge is -2.33. The highest BCUT2D eigenvalue weighted by Gasteiger charge is 2.42. The smallest absolute Gasteiger partial charge is 0.222 e. The van der Waals surface area contributed by atoms with Gasteiger partial charge in [-0.1, -0.05) is 42.4 Å². The molecule has 1 heterocycles. The minimum Gasteiger partial charge on any atom is -0.353 e. The first-order valence-corrected chi connectivity index (χ1v) is 11.4. The van der Waals surface area contributed by atoms with E-state index in [4.69, 9.17) is 0 Å². The maximum atomic E-state index is 12.7. The van der Waals surface area contributed by atoms with E-state index >= 15 is 0 Å². The molecule has 0 radical (unpaired) electrons. The molecule has 2 aromatic carbocycles. The number of nitrogens with zero attached hydrogens (tertiary/aromatic N) is 1. The molecule has 4 heteroatoms. The van der Waals surface area contributed by atoms with E-state index in [2.05, 4.69) is 65.7 Å². The maximum Gasteiger partial charge on any atom is 0.222 e. The normalized spacial score (nSPS) is 25.9. The standard InChI is InChI=1S/C24H28N2OS/c1-16(19-15-17-10-11-18(19)14-17)25-24(27)12-13-26-20-6-2-4-8-22(20)28-23-9-5-3-7-21(23)26/h2-9,16-19H,10-15H2,1H3,(H,25,27)/t16-,17+,18+,19+/m1/s1. The zero-order chi connectivity index (χ0) is 19.1. The number of hydrogen-bond donors (Lipinski definition) is 1. The van der Waals surface area contributed by atoms with Crippen LogP contribution in [0, 0.1) is 17.8 Å². The fourth-order valence-electron chi connectivity index (χ4n) is 5.57. The number of hydrogen-bond acceptors (Lipinski definition) is 3. The van der Waals surface area contributed by atoms with Gasteiger partial charge in [-0.05, 0) is 68.2 Å². The average Bonchev–Trinajstić information content (AvgIpc) is 3.35. The highest BCUT2D eigenvalue weighted by atomic mass is 32.2. The molecule has 0 aromatic heterocycles. The third kappa shape index (κ3) is 3.32. The first-order valence-electron chi connectivity index (χ1n) is 10.6. The van der Waals surface area contributed by atoms with Crippen LogP contribution in [0.1, 0.15) is 39.0 Å². The van der Waals surface area contributed by atoms with Gasteiger partial charge >= 0.3 is 0 Å². The molecule has 1 aliphatic heterocycles. The Morgan fingerprint density at radius 1 is 1.07 bits per heavy atom. The van der Waals surface area contributed by atoms with Crippen molar-refractivity contribution in [3.05, 3.63) is 48.5 Å². The summed E-state index contributed by atoms with van der Waals surface area (Å²) in [6.07, 6.45) is 6.01. The molecule has 2 fully saturated rings. The summed E-state index contributed by atoms with van der Waals surface area (Å²) in [5.74, 6) is 2.64. The Morgan fingerprint density at radius 2 is 1.75 bits per heavy atom. The van der Waals surface area contributed by atoms with Crippen molar-refractivity contribution in [1.29, 1.82) is 0 Å². The van der Waals surface area contributed by atoms with E-state index in [-0.39, 0.29) is 5.91 Å². The quantitative estimate of drug-likeness (QED) is 0.717. The van der Waals surface area contributed by atoms with Crippen molar-refractivity contribution < 1.29 is 4.79 Å². The second kappa shape index (κ2) is 7.47. The van der Waals surface area contributed by atoms with Gasteiger partial charge in [-0.2, -0.15) is 0 Å². The second-order valence-corrected chi connectivity index (χ2v) is 9.72. The van der Waals surface area contributed by atoms with Gasteiger partial charge in [0.25, 0.3) is 0 Å². The van der Waals surface area contributed by atoms with E-state index in [1.165, 1.54) is 46.8 Å². The highest BCUT2D eigenvalue weighted by Crippen LogP contribution is 2.50. The van der Waals surface area contributed by atoms with E-state index < -0.39 is 0 Å². The molecule has 2 aliphatic carbocycles. The van der Waals surface area contributed by atoms with Crippen LogP contribution >= 0.6 is 11.8 Å². The van der Waals surface area contributed by atoms with Gasteiger partial charge in [-0.15, -0.1) is 0 Å². The van der Waals surface area contributed by atoms with Crippen molar-refractivity contribution in [2.24, 2.45) is 17.8 Å². The van der Waals surface area contributed by atoms with E-state index in [0.717, 1.165) is 11.8 Å². The van der Waals surface area contributed by atoms with E-state index in [1.807, 2.05) is 11.8 Å². The Kier molecular flexibility index (Phi) is 4.83. The number of anilines is 2. The van der Waals surface area contributed by atoms with Crippen LogP contribution < -0.4 is 10.2 Å². The van der Waals surface area contributed by atoms with Crippen LogP contribution in [-0.4, -0.2) is 18.5 Å². The Labute approximate surface area is 171 Å². The fourth-order valence-corrected chi connectivity index (χ4v) is 6.67. The largest absolute Gasteiger partial charge is 0.353 e. The summed E-state index contributed by atoms with van der Waals surface area (Å²) in [7, 11) is 0. The minimum atomic E-state index is 0.184. The van der Waals surface area contributed by atoms with Crippen molar-refractivity contribution in [3.8, 4) is 0 Å². The number of fused-ring (bicyclic) bond motifs is 4. The van der Waals surface area contributed by atoms with Gasteiger partial charge in [-0.25, -0.2) is 0 Å². The molecule has 5 rings (SSSR count). The summed E-state index contributed by atoms with van der Waals surface area (Å²) in [5, 5.41) is 3.32. The molecule has 0 spiro atoms. The minimum absolute atomic E-state index is 0.184. The zero-order valence-electron chi connectivity index (χ0n) is 16.4. The summed E-state index contributed by atoms with van der Waals surface area (Å²) < 4.78 is 0. The van der Waals surface area contributed by atoms with E-state index in [1.54, 1.807) is 0 Å². The number of para-hydroxylation sites is 2. The van der Waals surface area contributed by atoms with Crippen LogP contribution in [0.2, 0.25) is 0 Å². The maximum absolute atomic E-state index is 12.7. The number of rotatable bonds is 5. The Bertz CT molecular complexity index is 837. The van der Waals surface area contributed by atoms with Crippen LogP contribution in [0.5, 0.6) is 0 Å². The average molecular weight is 393 g/mol. The monoisotopic (exact) mass is 392 g/mol. The molecule has 28 heavy (non-hydrogen) atoms. The molecule has 1 N–H and O–H groups in total. The van der Waals surface area contributed by atoms with Crippen LogP contribution in [0.3, 0.4) is 0 Å². The van der Waals surface area contributed by atoms with Crippen LogP contribution in [0.4, 0.5) is 11.4 Å². The van der Waals surface area contributed by atoms with Crippen molar-refractivity contribution in [2.45, 2.75) is 54.9 Å². The molecular formula is C24H28N2OS. The fraction of sp³-hybridized carbons (Fsp3) is 0.458. The summed E-state index contributed by atoms with van der Waals surface area (Å²) >= 11 is 1.81. The molecule has 2 aromatic rings. The summed E-state index contributed by atoms with van der Waals surface area (Å²) in [4.78, 5) is 17.6. The van der Waals surface area contributed by atoms with Crippen LogP contribution in [-0.2, 0) is 4.79 Å². The first kappa shape index (κ1) is 18.1. The number of benzene rings is 2. The molecule has 0 unspecified atom stereocenters. The summed E-state index contributed by atoms with van der Waals surface area (Å²) in [6.45, 7) is 2.93. The Morgan fingerprint density at radius 3 is 2.36 bits per heavy atom. The van der Waals surface area contributed by atoms with Crippen LogP contribution in [0.15, 0.2) is 58.3 Å². The van der Waals surface area contributed by atoms with Gasteiger partial charge in [0.05, 0.1) is 11.4 Å². The predicted octanol–water partition coefficient (Wildman–Crippen LogP) is 5.62. The molecule has 2 saturated carbocycles. The third-order valence-electron chi connectivity index (χ3n) is 6.92. The van der Waals surface area contributed by atoms with Crippen molar-refractivity contribution >= 4 is 29.0 Å². The topological polar surface area (TPSA) is 32.3 Å². The van der Waals surface area contributed by atoms with Gasteiger partial charge in [0, 0.05) is 28.8 Å². The summed E-state index contributed by atoms with van der Waals surface area (Å²) in [5.41, 5.74) is 2.42. The van der Waals surface area contributed by atoms with Crippen molar-refractivity contribution in [3.63, 3.8) is 0 Å². The molecule has 146 valence electrons. The zero-order valence-corrected chi connectivity index (χ0v) is 17.3. The molecule has 4 atom stereocenters. The number of nitrogens with one attached hydrogen (secondary N) is 1. The van der Waals surface area contributed by atoms with Gasteiger partial charge in [-0.3, -0.25) is 4.79 Å². The molecule has 1 amide bonds. The lowest BCUT2D eigenvalue weighted by atomic mass is 9.84. The Balaban J connectivity index is 1.26. The van der Waals surface area contributed by atoms with Crippen molar-refractivity contribution in [1.82, 2.24) is 5.32 Å². The first-order chi connectivity index (χ1) is 13.7. The lowest BCUT2D eigenvalue weighted by Crippen LogP contribution is -2.41. The second-order valence-electron chi connectivity index (χ2n) is 8.63. The van der Waals surface area contributed by atoms with E-state index in [9.17, 15) is 4.79 Å². The number of carbonyl (C=O) groups excluding carboxylic acids is 1. The molecular weight excluding hydrogens is 364 g/mol. The summed E-state index contributed by atoms with van der Waals surface area (Å²) in [6, 6.07) is 17.3. The Hall–Kier alpha value is -1.94. The van der Waals surface area contributed by atoms with Crippen LogP contribution in [0.25, 0.3) is 0 Å². The van der Waals surface area contributed by atoms with E-state index in [0.29, 0.717) is 24.9 Å². The molecule has 3 aliphatic rings. The third-order valence-corrected chi connectivity index (χ3v) is 8.05. The lowest BCUT2D eigenvalue weighted by molar-refractivity contribution is -0.122. The van der Waals surface area contributed by atoms with Gasteiger partial charge in [0.2, 0.25) is 5.91 Å². The SMILES string of the molecule is C[C@@H](NC(=O)CCN1c2ccccc2Sc2ccccc21)[C@@H]1C[C@H]2CC[C@H]1C2. The number of amides is 1.